The summed E-state index contributed by atoms with van der Waals surface area (Å²) in [6.07, 6.45) is 9.57. The molecule has 2 heterocycles. The molecule has 5 nitrogen and oxygen atoms in total. The molecule has 0 amide bonds. The minimum atomic E-state index is -3.18. The number of aromatic nitrogens is 1. The SMILES string of the molecule is CC1(CN2CCC(COc3ccc(-c4ccc(S(C)(=O)=O)cc4)cn3)CC2)CCC1. The van der Waals surface area contributed by atoms with Gasteiger partial charge in [0.1, 0.15) is 0 Å². The number of sulfone groups is 1. The average molecular weight is 429 g/mol. The molecule has 0 atom stereocenters. The molecule has 1 aromatic heterocycles. The average Bonchev–Trinajstić information content (AvgIpc) is 2.72. The predicted octanol–water partition coefficient (Wildman–Crippen LogP) is 4.43. The number of rotatable bonds is 7. The van der Waals surface area contributed by atoms with Crippen molar-refractivity contribution >= 4 is 9.84 Å². The van der Waals surface area contributed by atoms with Gasteiger partial charge in [0.2, 0.25) is 5.88 Å². The lowest BCUT2D eigenvalue weighted by molar-refractivity contribution is 0.0561. The van der Waals surface area contributed by atoms with Gasteiger partial charge in [-0.2, -0.15) is 0 Å². The number of benzene rings is 1. The monoisotopic (exact) mass is 428 g/mol. The lowest BCUT2D eigenvalue weighted by Crippen LogP contribution is -2.44. The maximum absolute atomic E-state index is 11.6. The zero-order chi connectivity index (χ0) is 21.2. The molecule has 2 aliphatic rings. The molecule has 1 saturated heterocycles. The van der Waals surface area contributed by atoms with Crippen LogP contribution in [0.5, 0.6) is 5.88 Å². The molecule has 2 fully saturated rings. The first-order valence-electron chi connectivity index (χ1n) is 10.9. The zero-order valence-corrected chi connectivity index (χ0v) is 18.8. The molecule has 1 aliphatic carbocycles. The van der Waals surface area contributed by atoms with Crippen LogP contribution in [0.1, 0.15) is 39.0 Å². The molecular formula is C24H32N2O3S. The maximum Gasteiger partial charge on any atom is 0.213 e. The first-order chi connectivity index (χ1) is 14.3. The van der Waals surface area contributed by atoms with Crippen LogP contribution in [0.25, 0.3) is 11.1 Å². The van der Waals surface area contributed by atoms with Crippen LogP contribution in [0.4, 0.5) is 0 Å². The van der Waals surface area contributed by atoms with E-state index in [0.29, 0.717) is 22.1 Å². The summed E-state index contributed by atoms with van der Waals surface area (Å²) >= 11 is 0. The summed E-state index contributed by atoms with van der Waals surface area (Å²) in [6.45, 7) is 6.77. The van der Waals surface area contributed by atoms with Gasteiger partial charge in [0.05, 0.1) is 11.5 Å². The van der Waals surface area contributed by atoms with Gasteiger partial charge >= 0.3 is 0 Å². The van der Waals surface area contributed by atoms with Crippen molar-refractivity contribution in [3.05, 3.63) is 42.6 Å². The van der Waals surface area contributed by atoms with Crippen molar-refractivity contribution in [3.8, 4) is 17.0 Å². The van der Waals surface area contributed by atoms with Gasteiger partial charge < -0.3 is 9.64 Å². The third kappa shape index (κ3) is 5.22. The minimum Gasteiger partial charge on any atom is -0.477 e. The fourth-order valence-electron chi connectivity index (χ4n) is 4.52. The van der Waals surface area contributed by atoms with E-state index < -0.39 is 9.84 Å². The molecule has 0 N–H and O–H groups in total. The number of pyridine rings is 1. The highest BCUT2D eigenvalue weighted by Crippen LogP contribution is 2.41. The highest BCUT2D eigenvalue weighted by molar-refractivity contribution is 7.90. The maximum atomic E-state index is 11.6. The van der Waals surface area contributed by atoms with Gasteiger partial charge in [-0.25, -0.2) is 13.4 Å². The van der Waals surface area contributed by atoms with Crippen LogP contribution in [0.2, 0.25) is 0 Å². The van der Waals surface area contributed by atoms with Crippen LogP contribution in [0.3, 0.4) is 0 Å². The second-order valence-electron chi connectivity index (χ2n) is 9.38. The van der Waals surface area contributed by atoms with E-state index in [2.05, 4.69) is 16.8 Å². The Kier molecular flexibility index (Phi) is 6.16. The predicted molar refractivity (Wildman–Crippen MR) is 119 cm³/mol. The Morgan fingerprint density at radius 3 is 2.27 bits per heavy atom. The van der Waals surface area contributed by atoms with Gasteiger partial charge in [0.25, 0.3) is 0 Å². The van der Waals surface area contributed by atoms with Crippen molar-refractivity contribution in [2.45, 2.75) is 43.9 Å². The van der Waals surface area contributed by atoms with E-state index in [9.17, 15) is 8.42 Å². The first-order valence-corrected chi connectivity index (χ1v) is 12.8. The summed E-state index contributed by atoms with van der Waals surface area (Å²) in [4.78, 5) is 7.40. The first kappa shape index (κ1) is 21.3. The number of hydrogen-bond acceptors (Lipinski definition) is 5. The smallest absolute Gasteiger partial charge is 0.213 e. The van der Waals surface area contributed by atoms with E-state index in [1.807, 2.05) is 24.3 Å². The Bertz CT molecular complexity index is 943. The van der Waals surface area contributed by atoms with Gasteiger partial charge in [0.15, 0.2) is 9.84 Å². The van der Waals surface area contributed by atoms with Crippen LogP contribution >= 0.6 is 0 Å². The molecule has 0 unspecified atom stereocenters. The molecule has 1 aliphatic heterocycles. The van der Waals surface area contributed by atoms with Crippen LogP contribution in [0, 0.1) is 11.3 Å². The van der Waals surface area contributed by atoms with Crippen LogP contribution in [0.15, 0.2) is 47.5 Å². The molecule has 1 aromatic carbocycles. The molecule has 30 heavy (non-hydrogen) atoms. The molecule has 1 saturated carbocycles. The van der Waals surface area contributed by atoms with Gasteiger partial charge in [-0.1, -0.05) is 25.5 Å². The third-order valence-electron chi connectivity index (χ3n) is 6.69. The topological polar surface area (TPSA) is 59.5 Å². The summed E-state index contributed by atoms with van der Waals surface area (Å²) < 4.78 is 29.1. The lowest BCUT2D eigenvalue weighted by atomic mass is 9.70. The van der Waals surface area contributed by atoms with E-state index in [4.69, 9.17) is 4.74 Å². The normalized spacial score (nSPS) is 19.9. The summed E-state index contributed by atoms with van der Waals surface area (Å²) in [6, 6.07) is 10.8. The molecule has 0 radical (unpaired) electrons. The highest BCUT2D eigenvalue weighted by atomic mass is 32.2. The van der Waals surface area contributed by atoms with Crippen molar-refractivity contribution in [1.29, 1.82) is 0 Å². The molecule has 2 aromatic rings. The quantitative estimate of drug-likeness (QED) is 0.653. The highest BCUT2D eigenvalue weighted by Gasteiger charge is 2.34. The van der Waals surface area contributed by atoms with Crippen molar-refractivity contribution in [3.63, 3.8) is 0 Å². The number of likely N-dealkylation sites (tertiary alicyclic amines) is 1. The van der Waals surface area contributed by atoms with E-state index in [0.717, 1.165) is 17.7 Å². The Morgan fingerprint density at radius 2 is 1.73 bits per heavy atom. The van der Waals surface area contributed by atoms with Crippen LogP contribution < -0.4 is 4.74 Å². The van der Waals surface area contributed by atoms with E-state index in [1.54, 1.807) is 18.3 Å². The van der Waals surface area contributed by atoms with Crippen molar-refractivity contribution in [2.24, 2.45) is 11.3 Å². The molecule has 0 spiro atoms. The summed E-state index contributed by atoms with van der Waals surface area (Å²) in [5.74, 6) is 1.25. The Morgan fingerprint density at radius 1 is 1.07 bits per heavy atom. The molecule has 0 bridgehead atoms. The van der Waals surface area contributed by atoms with E-state index in [1.165, 1.54) is 58.0 Å². The Balaban J connectivity index is 1.25. The summed E-state index contributed by atoms with van der Waals surface area (Å²) in [7, 11) is -3.18. The van der Waals surface area contributed by atoms with Gasteiger partial charge in [-0.05, 0) is 73.9 Å². The van der Waals surface area contributed by atoms with Crippen molar-refractivity contribution in [1.82, 2.24) is 9.88 Å². The number of piperidine rings is 1. The largest absolute Gasteiger partial charge is 0.477 e. The standard InChI is InChI=1S/C24H32N2O3S/c1-24(12-3-13-24)18-26-14-10-19(11-15-26)17-29-23-9-6-21(16-25-23)20-4-7-22(8-5-20)30(2,27)28/h4-9,16,19H,3,10-15,17-18H2,1-2H3. The second kappa shape index (κ2) is 8.67. The minimum absolute atomic E-state index is 0.326. The van der Waals surface area contributed by atoms with Crippen LogP contribution in [-0.2, 0) is 9.84 Å². The summed E-state index contributed by atoms with van der Waals surface area (Å²) in [5.41, 5.74) is 2.45. The van der Waals surface area contributed by atoms with E-state index >= 15 is 0 Å². The van der Waals surface area contributed by atoms with Gasteiger partial charge in [-0.3, -0.25) is 0 Å². The number of ether oxygens (including phenoxy) is 1. The second-order valence-corrected chi connectivity index (χ2v) is 11.4. The van der Waals surface area contributed by atoms with Gasteiger partial charge in [-0.15, -0.1) is 0 Å². The molecular weight excluding hydrogens is 396 g/mol. The fourth-order valence-corrected chi connectivity index (χ4v) is 5.15. The zero-order valence-electron chi connectivity index (χ0n) is 18.0. The lowest BCUT2D eigenvalue weighted by Gasteiger charge is -2.44. The Hall–Kier alpha value is -1.92. The van der Waals surface area contributed by atoms with Gasteiger partial charge in [0, 0.05) is 30.6 Å². The molecule has 162 valence electrons. The molecule has 4 rings (SSSR count). The van der Waals surface area contributed by atoms with Crippen LogP contribution in [-0.4, -0.2) is 50.8 Å². The molecule has 6 heteroatoms. The Labute approximate surface area is 180 Å². The van der Waals surface area contributed by atoms with Crippen molar-refractivity contribution in [2.75, 3.05) is 32.5 Å². The fraction of sp³-hybridized carbons (Fsp3) is 0.542. The van der Waals surface area contributed by atoms with E-state index in [-0.39, 0.29) is 0 Å². The number of hydrogen-bond donors (Lipinski definition) is 0. The summed E-state index contributed by atoms with van der Waals surface area (Å²) in [5, 5.41) is 0. The third-order valence-corrected chi connectivity index (χ3v) is 7.82. The van der Waals surface area contributed by atoms with Crippen molar-refractivity contribution < 1.29 is 13.2 Å². The number of nitrogens with zero attached hydrogens (tertiary/aromatic N) is 2.